The number of anilines is 1. The van der Waals surface area contributed by atoms with E-state index in [0.29, 0.717) is 29.3 Å². The number of fused-ring (bicyclic) bond motifs is 1. The second kappa shape index (κ2) is 6.92. The number of aryl methyl sites for hydroxylation is 1. The number of nitrogens with zero attached hydrogens (tertiary/aromatic N) is 2. The van der Waals surface area contributed by atoms with Crippen LogP contribution in [0.2, 0.25) is 0 Å². The van der Waals surface area contributed by atoms with E-state index in [1.54, 1.807) is 13.0 Å². The van der Waals surface area contributed by atoms with Crippen LogP contribution in [0.3, 0.4) is 0 Å². The van der Waals surface area contributed by atoms with E-state index >= 15 is 0 Å². The molecule has 6 nitrogen and oxygen atoms in total. The summed E-state index contributed by atoms with van der Waals surface area (Å²) in [7, 11) is 0. The Balaban J connectivity index is 1.81. The molecule has 3 aromatic rings. The van der Waals surface area contributed by atoms with Crippen LogP contribution in [0.1, 0.15) is 24.8 Å². The summed E-state index contributed by atoms with van der Waals surface area (Å²) in [5.74, 6) is 1.13. The standard InChI is InChI=1S/C17H17N3O3S/c1-3-16(21)19-13-6-4-5-7-14(13)24-10-12-9-17(22)20-15(18-12)8-11(2)23-20/h4-9H,3,10H2,1-2H3,(H,19,21). The van der Waals surface area contributed by atoms with E-state index in [1.807, 2.05) is 31.2 Å². The highest BCUT2D eigenvalue weighted by Gasteiger charge is 2.09. The SMILES string of the molecule is CCC(=O)Nc1ccccc1SCc1cc(=O)n2oc(C)cc2n1. The third-order valence-electron chi connectivity index (χ3n) is 3.38. The number of rotatable bonds is 5. The van der Waals surface area contributed by atoms with Crippen molar-refractivity contribution in [2.75, 3.05) is 5.32 Å². The van der Waals surface area contributed by atoms with Crippen molar-refractivity contribution in [3.8, 4) is 0 Å². The van der Waals surface area contributed by atoms with Crippen LogP contribution in [0.4, 0.5) is 5.69 Å². The van der Waals surface area contributed by atoms with Gasteiger partial charge < -0.3 is 9.84 Å². The van der Waals surface area contributed by atoms with Gasteiger partial charge in [-0.05, 0) is 19.1 Å². The maximum atomic E-state index is 12.0. The molecule has 3 rings (SSSR count). The average Bonchev–Trinajstić information content (AvgIpc) is 2.95. The molecular weight excluding hydrogens is 326 g/mol. The van der Waals surface area contributed by atoms with Gasteiger partial charge in [-0.15, -0.1) is 16.3 Å². The molecule has 7 heteroatoms. The molecule has 0 fully saturated rings. The highest BCUT2D eigenvalue weighted by atomic mass is 32.2. The Morgan fingerprint density at radius 1 is 1.33 bits per heavy atom. The first-order valence-corrected chi connectivity index (χ1v) is 8.56. The van der Waals surface area contributed by atoms with E-state index in [1.165, 1.54) is 22.4 Å². The molecule has 0 unspecified atom stereocenters. The third-order valence-corrected chi connectivity index (χ3v) is 4.49. The zero-order valence-electron chi connectivity index (χ0n) is 13.4. The summed E-state index contributed by atoms with van der Waals surface area (Å²) in [6, 6.07) is 10.8. The molecule has 1 N–H and O–H groups in total. The van der Waals surface area contributed by atoms with Crippen LogP contribution in [0.25, 0.3) is 5.65 Å². The fourth-order valence-corrected chi connectivity index (χ4v) is 3.13. The Bertz CT molecular complexity index is 946. The van der Waals surface area contributed by atoms with Crippen molar-refractivity contribution < 1.29 is 9.32 Å². The van der Waals surface area contributed by atoms with Crippen LogP contribution < -0.4 is 10.9 Å². The number of carbonyl (C=O) groups is 1. The molecule has 0 saturated heterocycles. The van der Waals surface area contributed by atoms with Crippen molar-refractivity contribution >= 4 is 29.0 Å². The van der Waals surface area contributed by atoms with Crippen LogP contribution in [-0.4, -0.2) is 15.5 Å². The summed E-state index contributed by atoms with van der Waals surface area (Å²) in [5.41, 5.74) is 1.70. The van der Waals surface area contributed by atoms with Crippen LogP contribution >= 0.6 is 11.8 Å². The highest BCUT2D eigenvalue weighted by molar-refractivity contribution is 7.98. The van der Waals surface area contributed by atoms with Gasteiger partial charge in [0.2, 0.25) is 5.91 Å². The Morgan fingerprint density at radius 3 is 2.92 bits per heavy atom. The van der Waals surface area contributed by atoms with Crippen molar-refractivity contribution in [3.63, 3.8) is 0 Å². The number of hydrogen-bond donors (Lipinski definition) is 1. The second-order valence-electron chi connectivity index (χ2n) is 5.27. The van der Waals surface area contributed by atoms with Crippen molar-refractivity contribution in [1.82, 2.24) is 9.56 Å². The smallest absolute Gasteiger partial charge is 0.287 e. The second-order valence-corrected chi connectivity index (χ2v) is 6.29. The van der Waals surface area contributed by atoms with E-state index in [2.05, 4.69) is 10.3 Å². The minimum atomic E-state index is -0.240. The lowest BCUT2D eigenvalue weighted by Crippen LogP contribution is -2.13. The monoisotopic (exact) mass is 343 g/mol. The summed E-state index contributed by atoms with van der Waals surface area (Å²) in [6.45, 7) is 3.58. The Labute approximate surface area is 142 Å². The minimum absolute atomic E-state index is 0.0327. The Morgan fingerprint density at radius 2 is 2.12 bits per heavy atom. The average molecular weight is 343 g/mol. The maximum Gasteiger partial charge on any atom is 0.287 e. The molecule has 0 atom stereocenters. The molecule has 0 aliphatic carbocycles. The van der Waals surface area contributed by atoms with Crippen molar-refractivity contribution in [2.24, 2.45) is 0 Å². The largest absolute Gasteiger partial charge is 0.375 e. The Hall–Kier alpha value is -2.54. The third kappa shape index (κ3) is 3.51. The molecule has 1 amide bonds. The van der Waals surface area contributed by atoms with E-state index in [9.17, 15) is 9.59 Å². The quantitative estimate of drug-likeness (QED) is 0.720. The number of benzene rings is 1. The molecule has 2 heterocycles. The van der Waals surface area contributed by atoms with Crippen LogP contribution in [0.15, 0.2) is 50.6 Å². The molecule has 0 saturated carbocycles. The van der Waals surface area contributed by atoms with Crippen molar-refractivity contribution in [2.45, 2.75) is 30.9 Å². The number of aromatic nitrogens is 2. The van der Waals surface area contributed by atoms with Crippen molar-refractivity contribution in [1.29, 1.82) is 0 Å². The predicted molar refractivity (Wildman–Crippen MR) is 93.4 cm³/mol. The first-order valence-electron chi connectivity index (χ1n) is 7.58. The molecule has 2 aromatic heterocycles. The molecule has 24 heavy (non-hydrogen) atoms. The van der Waals surface area contributed by atoms with E-state index in [-0.39, 0.29) is 11.5 Å². The molecule has 0 radical (unpaired) electrons. The first-order chi connectivity index (χ1) is 11.6. The molecule has 0 bridgehead atoms. The van der Waals surface area contributed by atoms with Gasteiger partial charge in [-0.1, -0.05) is 19.1 Å². The zero-order chi connectivity index (χ0) is 17.1. The van der Waals surface area contributed by atoms with Crippen LogP contribution in [-0.2, 0) is 10.5 Å². The number of thioether (sulfide) groups is 1. The highest BCUT2D eigenvalue weighted by Crippen LogP contribution is 2.29. The molecule has 0 aliphatic heterocycles. The van der Waals surface area contributed by atoms with Crippen LogP contribution in [0.5, 0.6) is 0 Å². The number of amides is 1. The van der Waals surface area contributed by atoms with Gasteiger partial charge in [0.05, 0.1) is 11.4 Å². The number of nitrogens with one attached hydrogen (secondary N) is 1. The van der Waals surface area contributed by atoms with Gasteiger partial charge in [-0.2, -0.15) is 0 Å². The van der Waals surface area contributed by atoms with Gasteiger partial charge in [0.15, 0.2) is 5.65 Å². The molecule has 0 aliphatic rings. The number of carbonyl (C=O) groups excluding carboxylic acids is 1. The summed E-state index contributed by atoms with van der Waals surface area (Å²) >= 11 is 1.52. The van der Waals surface area contributed by atoms with E-state index < -0.39 is 0 Å². The van der Waals surface area contributed by atoms with Gasteiger partial charge >= 0.3 is 0 Å². The fraction of sp³-hybridized carbons (Fsp3) is 0.235. The topological polar surface area (TPSA) is 76.6 Å². The summed E-state index contributed by atoms with van der Waals surface area (Å²) in [6.07, 6.45) is 0.424. The fourth-order valence-electron chi connectivity index (χ4n) is 2.23. The summed E-state index contributed by atoms with van der Waals surface area (Å²) in [4.78, 5) is 29.0. The minimum Gasteiger partial charge on any atom is -0.375 e. The van der Waals surface area contributed by atoms with Gasteiger partial charge in [0.25, 0.3) is 5.56 Å². The van der Waals surface area contributed by atoms with Gasteiger partial charge in [-0.25, -0.2) is 4.98 Å². The predicted octanol–water partition coefficient (Wildman–Crippen LogP) is 3.24. The number of hydrogen-bond acceptors (Lipinski definition) is 5. The Kier molecular flexibility index (Phi) is 4.71. The lowest BCUT2D eigenvalue weighted by Gasteiger charge is -2.09. The number of para-hydroxylation sites is 1. The lowest BCUT2D eigenvalue weighted by molar-refractivity contribution is -0.115. The van der Waals surface area contributed by atoms with Crippen molar-refractivity contribution in [3.05, 3.63) is 58.2 Å². The first kappa shape index (κ1) is 16.3. The van der Waals surface area contributed by atoms with Gasteiger partial charge in [0, 0.05) is 29.2 Å². The van der Waals surface area contributed by atoms with Crippen LogP contribution in [0, 0.1) is 6.92 Å². The summed E-state index contributed by atoms with van der Waals surface area (Å²) < 4.78 is 6.46. The molecule has 0 spiro atoms. The molecule has 1 aromatic carbocycles. The van der Waals surface area contributed by atoms with Gasteiger partial charge in [-0.3, -0.25) is 9.59 Å². The maximum absolute atomic E-state index is 12.0. The van der Waals surface area contributed by atoms with E-state index in [4.69, 9.17) is 4.52 Å². The van der Waals surface area contributed by atoms with E-state index in [0.717, 1.165) is 10.6 Å². The summed E-state index contributed by atoms with van der Waals surface area (Å²) in [5, 5.41) is 2.88. The lowest BCUT2D eigenvalue weighted by atomic mass is 10.3. The van der Waals surface area contributed by atoms with Gasteiger partial charge in [0.1, 0.15) is 5.76 Å². The molecule has 124 valence electrons. The normalized spacial score (nSPS) is 10.9. The molecular formula is C17H17N3O3S. The zero-order valence-corrected chi connectivity index (χ0v) is 14.2.